The maximum absolute atomic E-state index is 11.8. The molecule has 4 nitrogen and oxygen atoms in total. The van der Waals surface area contributed by atoms with Crippen LogP contribution in [0.4, 0.5) is 0 Å². The van der Waals surface area contributed by atoms with Crippen LogP contribution in [-0.4, -0.2) is 20.7 Å². The Hall–Kier alpha value is -0.910. The molecular formula is C11H16N2O2S. The zero-order chi connectivity index (χ0) is 11.8. The summed E-state index contributed by atoms with van der Waals surface area (Å²) in [7, 11) is -3.06. The van der Waals surface area contributed by atoms with Crippen molar-refractivity contribution in [2.75, 3.05) is 12.3 Å². The van der Waals surface area contributed by atoms with Crippen LogP contribution in [0.5, 0.6) is 0 Å². The molecule has 0 radical (unpaired) electrons. The van der Waals surface area contributed by atoms with Crippen molar-refractivity contribution in [2.45, 2.75) is 23.8 Å². The second kappa shape index (κ2) is 4.16. The predicted molar refractivity (Wildman–Crippen MR) is 62.8 cm³/mol. The number of nitrogens with two attached hydrogens (primary N) is 2. The fourth-order valence-electron chi connectivity index (χ4n) is 2.03. The van der Waals surface area contributed by atoms with E-state index < -0.39 is 9.84 Å². The molecule has 0 spiro atoms. The van der Waals surface area contributed by atoms with Gasteiger partial charge in [0.05, 0.1) is 10.6 Å². The van der Waals surface area contributed by atoms with Gasteiger partial charge in [0, 0.05) is 12.6 Å². The van der Waals surface area contributed by atoms with Crippen molar-refractivity contribution in [3.05, 3.63) is 29.3 Å². The highest BCUT2D eigenvalue weighted by atomic mass is 32.2. The van der Waals surface area contributed by atoms with Crippen LogP contribution in [-0.2, 0) is 16.3 Å². The van der Waals surface area contributed by atoms with E-state index in [1.165, 1.54) is 0 Å². The van der Waals surface area contributed by atoms with E-state index in [0.29, 0.717) is 17.9 Å². The Bertz CT molecular complexity index is 497. The first kappa shape index (κ1) is 11.6. The van der Waals surface area contributed by atoms with Gasteiger partial charge in [0.1, 0.15) is 0 Å². The summed E-state index contributed by atoms with van der Waals surface area (Å²) < 4.78 is 23.5. The van der Waals surface area contributed by atoms with Gasteiger partial charge < -0.3 is 11.5 Å². The second-order valence-corrected chi connectivity index (χ2v) is 6.21. The molecule has 0 bridgehead atoms. The van der Waals surface area contributed by atoms with Crippen LogP contribution in [0, 0.1) is 0 Å². The van der Waals surface area contributed by atoms with E-state index in [2.05, 4.69) is 0 Å². The molecule has 0 aliphatic carbocycles. The Morgan fingerprint density at radius 3 is 2.81 bits per heavy atom. The minimum Gasteiger partial charge on any atom is -0.329 e. The average molecular weight is 240 g/mol. The number of sulfone groups is 1. The number of rotatable bonds is 2. The van der Waals surface area contributed by atoms with Crippen molar-refractivity contribution in [3.63, 3.8) is 0 Å². The lowest BCUT2D eigenvalue weighted by Gasteiger charge is -2.18. The van der Waals surface area contributed by atoms with Gasteiger partial charge in [0.25, 0.3) is 0 Å². The highest BCUT2D eigenvalue weighted by molar-refractivity contribution is 7.91. The van der Waals surface area contributed by atoms with Gasteiger partial charge in [0.2, 0.25) is 0 Å². The number of fused-ring (bicyclic) bond motifs is 1. The van der Waals surface area contributed by atoms with Crippen molar-refractivity contribution < 1.29 is 8.42 Å². The number of hydrogen-bond acceptors (Lipinski definition) is 4. The number of aryl methyl sites for hydroxylation is 1. The molecule has 1 aliphatic rings. The number of hydrogen-bond donors (Lipinski definition) is 2. The molecule has 0 fully saturated rings. The summed E-state index contributed by atoms with van der Waals surface area (Å²) in [5.41, 5.74) is 13.1. The molecule has 0 saturated carbocycles. The van der Waals surface area contributed by atoms with Crippen molar-refractivity contribution in [1.82, 2.24) is 0 Å². The highest BCUT2D eigenvalue weighted by Gasteiger charge is 2.23. The summed E-state index contributed by atoms with van der Waals surface area (Å²) in [6.45, 7) is 0.367. The topological polar surface area (TPSA) is 86.2 Å². The molecule has 1 unspecified atom stereocenters. The monoisotopic (exact) mass is 240 g/mol. The maximum atomic E-state index is 11.8. The molecule has 1 heterocycles. The van der Waals surface area contributed by atoms with Crippen molar-refractivity contribution in [1.29, 1.82) is 0 Å². The zero-order valence-electron chi connectivity index (χ0n) is 9.02. The van der Waals surface area contributed by atoms with E-state index in [1.807, 2.05) is 6.07 Å². The summed E-state index contributed by atoms with van der Waals surface area (Å²) in [6.07, 6.45) is 1.50. The lowest BCUT2D eigenvalue weighted by Crippen LogP contribution is -2.22. The molecule has 16 heavy (non-hydrogen) atoms. The van der Waals surface area contributed by atoms with E-state index >= 15 is 0 Å². The SMILES string of the molecule is NCC(N)c1ccc2c(c1)CCCS2(=O)=O. The Kier molecular flexibility index (Phi) is 3.01. The van der Waals surface area contributed by atoms with E-state index in [-0.39, 0.29) is 11.8 Å². The van der Waals surface area contributed by atoms with Gasteiger partial charge >= 0.3 is 0 Å². The summed E-state index contributed by atoms with van der Waals surface area (Å²) in [6, 6.07) is 5.09. The van der Waals surface area contributed by atoms with E-state index in [9.17, 15) is 8.42 Å². The molecule has 88 valence electrons. The summed E-state index contributed by atoms with van der Waals surface area (Å²) >= 11 is 0. The first-order valence-electron chi connectivity index (χ1n) is 5.36. The smallest absolute Gasteiger partial charge is 0.178 e. The second-order valence-electron chi connectivity index (χ2n) is 4.13. The summed E-state index contributed by atoms with van der Waals surface area (Å²) in [5, 5.41) is 0. The third-order valence-corrected chi connectivity index (χ3v) is 4.86. The molecule has 0 amide bonds. The normalized spacial score (nSPS) is 20.1. The van der Waals surface area contributed by atoms with Crippen molar-refractivity contribution >= 4 is 9.84 Å². The van der Waals surface area contributed by atoms with Crippen LogP contribution in [0.3, 0.4) is 0 Å². The lowest BCUT2D eigenvalue weighted by atomic mass is 10.0. The van der Waals surface area contributed by atoms with Gasteiger partial charge in [-0.3, -0.25) is 0 Å². The molecule has 0 saturated heterocycles. The molecule has 2 rings (SSSR count). The fraction of sp³-hybridized carbons (Fsp3) is 0.455. The highest BCUT2D eigenvalue weighted by Crippen LogP contribution is 2.27. The molecule has 1 aromatic rings. The van der Waals surface area contributed by atoms with Gasteiger partial charge in [-0.05, 0) is 30.0 Å². The minimum atomic E-state index is -3.06. The Morgan fingerprint density at radius 2 is 2.12 bits per heavy atom. The van der Waals surface area contributed by atoms with Crippen LogP contribution in [0.1, 0.15) is 23.6 Å². The van der Waals surface area contributed by atoms with Crippen molar-refractivity contribution in [3.8, 4) is 0 Å². The van der Waals surface area contributed by atoms with Gasteiger partial charge in [-0.15, -0.1) is 0 Å². The van der Waals surface area contributed by atoms with E-state index in [4.69, 9.17) is 11.5 Å². The van der Waals surface area contributed by atoms with Gasteiger partial charge in [-0.2, -0.15) is 0 Å². The maximum Gasteiger partial charge on any atom is 0.178 e. The molecule has 1 atom stereocenters. The fourth-order valence-corrected chi connectivity index (χ4v) is 3.61. The van der Waals surface area contributed by atoms with Crippen LogP contribution >= 0.6 is 0 Å². The first-order valence-corrected chi connectivity index (χ1v) is 7.01. The molecule has 5 heteroatoms. The molecule has 1 aliphatic heterocycles. The number of benzene rings is 1. The van der Waals surface area contributed by atoms with Crippen LogP contribution in [0.2, 0.25) is 0 Å². The van der Waals surface area contributed by atoms with Crippen LogP contribution in [0.25, 0.3) is 0 Å². The van der Waals surface area contributed by atoms with Gasteiger partial charge in [0.15, 0.2) is 9.84 Å². The molecular weight excluding hydrogens is 224 g/mol. The minimum absolute atomic E-state index is 0.213. The molecule has 0 aromatic heterocycles. The molecule has 4 N–H and O–H groups in total. The van der Waals surface area contributed by atoms with E-state index in [1.54, 1.807) is 12.1 Å². The summed E-state index contributed by atoms with van der Waals surface area (Å²) in [5.74, 6) is 0.252. The van der Waals surface area contributed by atoms with Crippen LogP contribution in [0.15, 0.2) is 23.1 Å². The third-order valence-electron chi connectivity index (χ3n) is 2.96. The van der Waals surface area contributed by atoms with E-state index in [0.717, 1.165) is 17.5 Å². The standard InChI is InChI=1S/C11H16N2O2S/c12-7-10(13)8-3-4-11-9(6-8)2-1-5-16(11,14)15/h3-4,6,10H,1-2,5,7,12-13H2. The largest absolute Gasteiger partial charge is 0.329 e. The Morgan fingerprint density at radius 1 is 1.38 bits per heavy atom. The average Bonchev–Trinajstić information content (AvgIpc) is 2.27. The quantitative estimate of drug-likeness (QED) is 0.781. The van der Waals surface area contributed by atoms with Crippen LogP contribution < -0.4 is 11.5 Å². The van der Waals surface area contributed by atoms with Gasteiger partial charge in [-0.1, -0.05) is 12.1 Å². The first-order chi connectivity index (χ1) is 7.54. The predicted octanol–water partition coefficient (Wildman–Crippen LogP) is 0.365. The lowest BCUT2D eigenvalue weighted by molar-refractivity contribution is 0.586. The Labute approximate surface area is 95.6 Å². The Balaban J connectivity index is 2.48. The molecule has 1 aromatic carbocycles. The summed E-state index contributed by atoms with van der Waals surface area (Å²) in [4.78, 5) is 0.465. The zero-order valence-corrected chi connectivity index (χ0v) is 9.83. The third kappa shape index (κ3) is 1.98. The van der Waals surface area contributed by atoms with Crippen molar-refractivity contribution in [2.24, 2.45) is 11.5 Å². The van der Waals surface area contributed by atoms with Gasteiger partial charge in [-0.25, -0.2) is 8.42 Å².